The van der Waals surface area contributed by atoms with Crippen molar-refractivity contribution in [1.82, 2.24) is 4.90 Å². The van der Waals surface area contributed by atoms with Gasteiger partial charge in [0.2, 0.25) is 0 Å². The molecule has 0 unspecified atom stereocenters. The smallest absolute Gasteiger partial charge is 0.268 e. The van der Waals surface area contributed by atoms with Crippen LogP contribution in [-0.2, 0) is 16.2 Å². The molecule has 2 aliphatic heterocycles. The Bertz CT molecular complexity index is 1200. The fourth-order valence-electron chi connectivity index (χ4n) is 4.24. The number of aryl methyl sites for hydroxylation is 1. The third-order valence-corrected chi connectivity index (χ3v) is 7.93. The molecule has 8 heteroatoms. The number of hydrogen-bond donors (Lipinski definition) is 0. The molecular weight excluding hydrogens is 438 g/mol. The average Bonchev–Trinajstić information content (AvgIpc) is 3.48. The summed E-state index contributed by atoms with van der Waals surface area (Å²) in [5.74, 6) is -1.65. The lowest BCUT2D eigenvalue weighted by Gasteiger charge is -2.33. The van der Waals surface area contributed by atoms with Gasteiger partial charge in [-0.05, 0) is 42.1 Å². The second kappa shape index (κ2) is 7.46. The number of carbonyl (C=O) groups is 2. The molecule has 1 spiro atoms. The highest BCUT2D eigenvalue weighted by molar-refractivity contribution is 8.01. The predicted molar refractivity (Wildman–Crippen MR) is 118 cm³/mol. The lowest BCUT2D eigenvalue weighted by atomic mass is 10.0. The summed E-state index contributed by atoms with van der Waals surface area (Å²) in [6.45, 7) is 2.50. The Hall–Kier alpha value is -2.71. The number of fused-ring (bicyclic) bond motifs is 2. The Morgan fingerprint density at radius 1 is 1.13 bits per heavy atom. The van der Waals surface area contributed by atoms with E-state index < -0.39 is 16.5 Å². The number of anilines is 1. The van der Waals surface area contributed by atoms with E-state index in [1.165, 1.54) is 29.2 Å². The van der Waals surface area contributed by atoms with Gasteiger partial charge in [-0.2, -0.15) is 0 Å². The van der Waals surface area contributed by atoms with Crippen molar-refractivity contribution in [3.63, 3.8) is 0 Å². The van der Waals surface area contributed by atoms with Crippen LogP contribution in [0.5, 0.6) is 0 Å². The molecule has 0 N–H and O–H groups in total. The third kappa shape index (κ3) is 3.08. The van der Waals surface area contributed by atoms with Crippen molar-refractivity contribution in [2.45, 2.75) is 18.3 Å². The van der Waals surface area contributed by atoms with Gasteiger partial charge < -0.3 is 9.80 Å². The Balaban J connectivity index is 1.60. The quantitative estimate of drug-likeness (QED) is 0.562. The zero-order valence-corrected chi connectivity index (χ0v) is 18.2. The summed E-state index contributed by atoms with van der Waals surface area (Å²) < 4.78 is 27.2. The molecule has 0 aliphatic carbocycles. The normalized spacial score (nSPS) is 20.0. The van der Waals surface area contributed by atoms with E-state index in [1.54, 1.807) is 15.9 Å². The van der Waals surface area contributed by atoms with Crippen molar-refractivity contribution in [1.29, 1.82) is 0 Å². The van der Waals surface area contributed by atoms with Gasteiger partial charge in [0, 0.05) is 17.9 Å². The first-order chi connectivity index (χ1) is 14.9. The van der Waals surface area contributed by atoms with E-state index in [9.17, 15) is 18.4 Å². The van der Waals surface area contributed by atoms with Crippen molar-refractivity contribution in [2.75, 3.05) is 17.2 Å². The maximum Gasteiger partial charge on any atom is 0.268 e. The summed E-state index contributed by atoms with van der Waals surface area (Å²) in [6, 6.07) is 13.0. The number of amides is 2. The number of halogens is 2. The monoisotopic (exact) mass is 456 g/mol. The molecule has 0 radical (unpaired) electrons. The summed E-state index contributed by atoms with van der Waals surface area (Å²) >= 11 is 2.80. The first-order valence-corrected chi connectivity index (χ1v) is 11.6. The summed E-state index contributed by atoms with van der Waals surface area (Å²) in [5, 5.41) is 1.84. The number of thioether (sulfide) groups is 1. The van der Waals surface area contributed by atoms with E-state index in [-0.39, 0.29) is 18.4 Å². The van der Waals surface area contributed by atoms with Crippen molar-refractivity contribution in [3.05, 3.63) is 87.1 Å². The zero-order valence-electron chi connectivity index (χ0n) is 16.6. The van der Waals surface area contributed by atoms with Gasteiger partial charge in [0.05, 0.1) is 17.1 Å². The third-order valence-electron chi connectivity index (χ3n) is 5.65. The molecule has 4 nitrogen and oxygen atoms in total. The Labute approximate surface area is 186 Å². The van der Waals surface area contributed by atoms with Gasteiger partial charge in [0.15, 0.2) is 16.5 Å². The molecule has 158 valence electrons. The van der Waals surface area contributed by atoms with E-state index >= 15 is 0 Å². The summed E-state index contributed by atoms with van der Waals surface area (Å²) in [6.07, 6.45) is 0. The molecule has 2 aromatic carbocycles. The van der Waals surface area contributed by atoms with Crippen LogP contribution in [0.2, 0.25) is 0 Å². The first kappa shape index (κ1) is 20.2. The van der Waals surface area contributed by atoms with Crippen LogP contribution >= 0.6 is 23.1 Å². The van der Waals surface area contributed by atoms with Crippen LogP contribution in [0.1, 0.15) is 26.4 Å². The zero-order chi connectivity index (χ0) is 21.8. The van der Waals surface area contributed by atoms with Gasteiger partial charge >= 0.3 is 0 Å². The molecule has 5 rings (SSSR count). The van der Waals surface area contributed by atoms with E-state index in [0.717, 1.165) is 23.3 Å². The maximum absolute atomic E-state index is 13.9. The molecule has 0 bridgehead atoms. The van der Waals surface area contributed by atoms with E-state index in [1.807, 2.05) is 36.6 Å². The van der Waals surface area contributed by atoms with Gasteiger partial charge in [-0.3, -0.25) is 9.59 Å². The van der Waals surface area contributed by atoms with Gasteiger partial charge in [0.25, 0.3) is 11.8 Å². The molecular formula is C23H18F2N2O2S2. The molecule has 1 saturated heterocycles. The number of carbonyl (C=O) groups excluding carboxylic acids is 2. The Kier molecular flexibility index (Phi) is 4.86. The molecule has 1 atom stereocenters. The highest BCUT2D eigenvalue weighted by Gasteiger charge is 2.59. The molecule has 3 aromatic rings. The summed E-state index contributed by atoms with van der Waals surface area (Å²) in [7, 11) is 0. The SMILES string of the molecule is Cc1ccc2c(c1)[C@@]1(SCCN1C(=O)c1cccs1)C(=O)N2Cc1ccc(F)c(F)c1. The molecule has 1 aromatic heterocycles. The number of nitrogens with zero attached hydrogens (tertiary/aromatic N) is 2. The van der Waals surface area contributed by atoms with Crippen LogP contribution in [0, 0.1) is 18.6 Å². The highest BCUT2D eigenvalue weighted by Crippen LogP contribution is 2.55. The standard InChI is InChI=1S/C23H18F2N2O2S2/c1-14-4-7-19-16(11-14)23(27(8-10-31-23)21(28)20-3-2-9-30-20)22(29)26(19)13-15-5-6-17(24)18(25)12-15/h2-7,9,11-12H,8,10,13H2,1H3/t23-/m1/s1. The Morgan fingerprint density at radius 2 is 1.97 bits per heavy atom. The van der Waals surface area contributed by atoms with Gasteiger partial charge in [-0.25, -0.2) is 8.78 Å². The fraction of sp³-hybridized carbons (Fsp3) is 0.217. The average molecular weight is 457 g/mol. The minimum absolute atomic E-state index is 0.0927. The topological polar surface area (TPSA) is 40.6 Å². The number of benzene rings is 2. The molecule has 1 fully saturated rings. The first-order valence-electron chi connectivity index (χ1n) is 9.78. The van der Waals surface area contributed by atoms with E-state index in [4.69, 9.17) is 0 Å². The largest absolute Gasteiger partial charge is 0.310 e. The lowest BCUT2D eigenvalue weighted by Crippen LogP contribution is -2.50. The van der Waals surface area contributed by atoms with Crippen molar-refractivity contribution in [2.24, 2.45) is 0 Å². The van der Waals surface area contributed by atoms with Crippen molar-refractivity contribution < 1.29 is 18.4 Å². The highest BCUT2D eigenvalue weighted by atomic mass is 32.2. The minimum Gasteiger partial charge on any atom is -0.310 e. The van der Waals surface area contributed by atoms with Crippen molar-refractivity contribution >= 4 is 40.6 Å². The summed E-state index contributed by atoms with van der Waals surface area (Å²) in [4.78, 5) is 29.9. The second-order valence-electron chi connectivity index (χ2n) is 7.59. The van der Waals surface area contributed by atoms with Crippen molar-refractivity contribution in [3.8, 4) is 0 Å². The van der Waals surface area contributed by atoms with Gasteiger partial charge in [0.1, 0.15) is 0 Å². The minimum atomic E-state index is -1.15. The number of thiophene rings is 1. The Morgan fingerprint density at radius 3 is 2.71 bits per heavy atom. The van der Waals surface area contributed by atoms with Crippen LogP contribution < -0.4 is 4.90 Å². The van der Waals surface area contributed by atoms with Crippen LogP contribution in [0.15, 0.2) is 53.9 Å². The van der Waals surface area contributed by atoms with Crippen LogP contribution in [-0.4, -0.2) is 29.0 Å². The molecule has 31 heavy (non-hydrogen) atoms. The fourth-order valence-corrected chi connectivity index (χ4v) is 6.36. The van der Waals surface area contributed by atoms with Gasteiger partial charge in [-0.15, -0.1) is 23.1 Å². The van der Waals surface area contributed by atoms with Crippen LogP contribution in [0.3, 0.4) is 0 Å². The lowest BCUT2D eigenvalue weighted by molar-refractivity contribution is -0.123. The summed E-state index contributed by atoms with van der Waals surface area (Å²) in [5.41, 5.74) is 2.93. The van der Waals surface area contributed by atoms with Crippen LogP contribution in [0.25, 0.3) is 0 Å². The second-order valence-corrected chi connectivity index (χ2v) is 9.82. The molecule has 0 saturated carbocycles. The number of rotatable bonds is 3. The van der Waals surface area contributed by atoms with E-state index in [2.05, 4.69) is 0 Å². The number of hydrogen-bond acceptors (Lipinski definition) is 4. The van der Waals surface area contributed by atoms with E-state index in [0.29, 0.717) is 28.4 Å². The van der Waals surface area contributed by atoms with Gasteiger partial charge in [-0.1, -0.05) is 29.8 Å². The molecule has 3 heterocycles. The molecule has 2 aliphatic rings. The predicted octanol–water partition coefficient (Wildman–Crippen LogP) is 4.92. The van der Waals surface area contributed by atoms with Crippen LogP contribution in [0.4, 0.5) is 14.5 Å². The molecule has 2 amide bonds. The maximum atomic E-state index is 13.9.